The molecule has 0 spiro atoms. The van der Waals surface area contributed by atoms with Gasteiger partial charge in [0.05, 0.1) is 12.0 Å². The fraction of sp³-hybridized carbons (Fsp3) is 0.444. The summed E-state index contributed by atoms with van der Waals surface area (Å²) in [5, 5.41) is 22.1. The number of carbonyl (C=O) groups is 3. The number of nitrogens with one attached hydrogen (secondary N) is 1. The lowest BCUT2D eigenvalue weighted by Gasteiger charge is -2.27. The Morgan fingerprint density at radius 2 is 1.66 bits per heavy atom. The number of hydrogen-bond donors (Lipinski definition) is 3. The number of aliphatic hydroxyl groups is 1. The molecule has 0 aromatic heterocycles. The zero-order valence-electron chi connectivity index (χ0n) is 19.4. The highest BCUT2D eigenvalue weighted by Gasteiger charge is 2.42. The number of amides is 2. The summed E-state index contributed by atoms with van der Waals surface area (Å²) in [5.74, 6) is -1.65. The third-order valence-electron chi connectivity index (χ3n) is 7.35. The van der Waals surface area contributed by atoms with Crippen molar-refractivity contribution in [2.45, 2.75) is 43.7 Å². The number of carboxylic acid groups (broad SMARTS) is 1. The minimum Gasteiger partial charge on any atom is -0.480 e. The molecule has 5 rings (SSSR count). The van der Waals surface area contributed by atoms with Crippen molar-refractivity contribution in [3.05, 3.63) is 59.7 Å². The molecule has 35 heavy (non-hydrogen) atoms. The largest absolute Gasteiger partial charge is 0.480 e. The molecule has 2 aromatic rings. The molecule has 1 heterocycles. The van der Waals surface area contributed by atoms with Crippen LogP contribution < -0.4 is 5.32 Å². The highest BCUT2D eigenvalue weighted by Crippen LogP contribution is 2.44. The molecule has 2 amide bonds. The summed E-state index contributed by atoms with van der Waals surface area (Å²) in [4.78, 5) is 38.6. The Kier molecular flexibility index (Phi) is 6.47. The number of β-amino-alcohol motifs (C(OH)–C–C–N with tert-alkyl or cyclic N) is 1. The van der Waals surface area contributed by atoms with Crippen LogP contribution in [0.15, 0.2) is 48.5 Å². The monoisotopic (exact) mass is 478 g/mol. The maximum atomic E-state index is 13.2. The van der Waals surface area contributed by atoms with Crippen molar-refractivity contribution in [1.82, 2.24) is 10.2 Å². The van der Waals surface area contributed by atoms with Crippen molar-refractivity contribution < 1.29 is 29.3 Å². The van der Waals surface area contributed by atoms with Gasteiger partial charge in [0.15, 0.2) is 0 Å². The van der Waals surface area contributed by atoms with Gasteiger partial charge >= 0.3 is 12.1 Å². The van der Waals surface area contributed by atoms with E-state index in [1.54, 1.807) is 0 Å². The van der Waals surface area contributed by atoms with Crippen LogP contribution in [0.25, 0.3) is 11.1 Å². The van der Waals surface area contributed by atoms with Gasteiger partial charge in [0.25, 0.3) is 0 Å². The first-order chi connectivity index (χ1) is 16.9. The van der Waals surface area contributed by atoms with E-state index in [-0.39, 0.29) is 37.9 Å². The van der Waals surface area contributed by atoms with Gasteiger partial charge < -0.3 is 25.2 Å². The molecule has 1 aliphatic heterocycles. The van der Waals surface area contributed by atoms with E-state index in [1.165, 1.54) is 4.90 Å². The van der Waals surface area contributed by atoms with E-state index in [2.05, 4.69) is 29.6 Å². The summed E-state index contributed by atoms with van der Waals surface area (Å²) in [6.45, 7) is 0.257. The topological polar surface area (TPSA) is 116 Å². The third-order valence-corrected chi connectivity index (χ3v) is 7.35. The lowest BCUT2D eigenvalue weighted by Crippen LogP contribution is -2.46. The minimum atomic E-state index is -1.12. The number of hydrogen-bond acceptors (Lipinski definition) is 5. The van der Waals surface area contributed by atoms with Crippen LogP contribution in [0, 0.1) is 11.8 Å². The van der Waals surface area contributed by atoms with Crippen LogP contribution in [0.3, 0.4) is 0 Å². The zero-order chi connectivity index (χ0) is 24.5. The number of alkyl carbamates (subject to hydrolysis) is 1. The molecule has 3 N–H and O–H groups in total. The summed E-state index contributed by atoms with van der Waals surface area (Å²) < 4.78 is 5.58. The number of carbonyl (C=O) groups excluding carboxylic acids is 2. The van der Waals surface area contributed by atoms with Gasteiger partial charge in [-0.05, 0) is 34.6 Å². The van der Waals surface area contributed by atoms with E-state index < -0.39 is 30.1 Å². The Bertz CT molecular complexity index is 1080. The number of nitrogens with zero attached hydrogens (tertiary/aromatic N) is 1. The predicted octanol–water partition coefficient (Wildman–Crippen LogP) is 2.99. The van der Waals surface area contributed by atoms with Crippen LogP contribution in [0.5, 0.6) is 0 Å². The molecule has 1 saturated heterocycles. The van der Waals surface area contributed by atoms with Gasteiger partial charge in [-0.3, -0.25) is 4.79 Å². The number of benzene rings is 2. The molecule has 0 radical (unpaired) electrons. The zero-order valence-corrected chi connectivity index (χ0v) is 19.4. The van der Waals surface area contributed by atoms with Gasteiger partial charge in [0.1, 0.15) is 12.6 Å². The Morgan fingerprint density at radius 1 is 1.03 bits per heavy atom. The van der Waals surface area contributed by atoms with Crippen LogP contribution in [0.2, 0.25) is 0 Å². The van der Waals surface area contributed by atoms with Crippen molar-refractivity contribution in [2.24, 2.45) is 11.8 Å². The second-order valence-corrected chi connectivity index (χ2v) is 9.82. The van der Waals surface area contributed by atoms with E-state index in [0.717, 1.165) is 35.1 Å². The number of carboxylic acids is 1. The Morgan fingerprint density at radius 3 is 2.26 bits per heavy atom. The van der Waals surface area contributed by atoms with Crippen molar-refractivity contribution in [2.75, 3.05) is 19.7 Å². The van der Waals surface area contributed by atoms with Crippen LogP contribution in [-0.2, 0) is 14.3 Å². The van der Waals surface area contributed by atoms with Gasteiger partial charge in [-0.1, -0.05) is 61.4 Å². The maximum Gasteiger partial charge on any atom is 0.407 e. The van der Waals surface area contributed by atoms with Crippen LogP contribution in [-0.4, -0.2) is 64.9 Å². The summed E-state index contributed by atoms with van der Waals surface area (Å²) >= 11 is 0. The van der Waals surface area contributed by atoms with Crippen LogP contribution >= 0.6 is 0 Å². The molecule has 3 aliphatic rings. The molecule has 0 bridgehead atoms. The summed E-state index contributed by atoms with van der Waals surface area (Å²) in [7, 11) is 0. The molecule has 2 aromatic carbocycles. The number of aliphatic carboxylic acids is 1. The number of rotatable bonds is 8. The number of aliphatic hydroxyl groups excluding tert-OH is 1. The number of likely N-dealkylation sites (tertiary alicyclic amines) is 1. The van der Waals surface area contributed by atoms with E-state index in [4.69, 9.17) is 4.74 Å². The van der Waals surface area contributed by atoms with Crippen molar-refractivity contribution >= 4 is 18.0 Å². The summed E-state index contributed by atoms with van der Waals surface area (Å²) in [6, 6.07) is 15.2. The van der Waals surface area contributed by atoms with Gasteiger partial charge in [-0.15, -0.1) is 0 Å². The summed E-state index contributed by atoms with van der Waals surface area (Å²) in [6.07, 6.45) is 1.21. The highest BCUT2D eigenvalue weighted by molar-refractivity contribution is 5.86. The molecular weight excluding hydrogens is 448 g/mol. The van der Waals surface area contributed by atoms with E-state index in [1.807, 2.05) is 24.3 Å². The second-order valence-electron chi connectivity index (χ2n) is 9.82. The fourth-order valence-corrected chi connectivity index (χ4v) is 5.41. The van der Waals surface area contributed by atoms with E-state index in [0.29, 0.717) is 12.3 Å². The average Bonchev–Trinajstić information content (AvgIpc) is 3.50. The van der Waals surface area contributed by atoms with Gasteiger partial charge in [-0.25, -0.2) is 9.59 Å². The second kappa shape index (κ2) is 9.70. The first kappa shape index (κ1) is 23.4. The highest BCUT2D eigenvalue weighted by atomic mass is 16.5. The Balaban J connectivity index is 1.21. The lowest BCUT2D eigenvalue weighted by atomic mass is 9.98. The van der Waals surface area contributed by atoms with Crippen LogP contribution in [0.4, 0.5) is 4.79 Å². The predicted molar refractivity (Wildman–Crippen MR) is 128 cm³/mol. The van der Waals surface area contributed by atoms with Crippen molar-refractivity contribution in [3.8, 4) is 11.1 Å². The lowest BCUT2D eigenvalue weighted by molar-refractivity contribution is -0.150. The van der Waals surface area contributed by atoms with E-state index >= 15 is 0 Å². The molecule has 1 unspecified atom stereocenters. The standard InChI is InChI=1S/C27H30N2O6/c30-18-12-24(26(32)33)29(14-18)25(31)17(11-16-9-10-16)13-28-27(34)35-15-23-21-7-3-1-5-19(21)20-6-2-4-8-22(20)23/h1-8,16-18,23-24,30H,9-15H2,(H,28,34)(H,32,33)/t17?,18-,24+/m1/s1. The third kappa shape index (κ3) is 4.89. The maximum absolute atomic E-state index is 13.2. The van der Waals surface area contributed by atoms with E-state index in [9.17, 15) is 24.6 Å². The fourth-order valence-electron chi connectivity index (χ4n) is 5.41. The minimum absolute atomic E-state index is 0.00190. The Labute approximate surface area is 203 Å². The molecule has 8 nitrogen and oxygen atoms in total. The van der Waals surface area contributed by atoms with Gasteiger partial charge in [0, 0.05) is 25.4 Å². The summed E-state index contributed by atoms with van der Waals surface area (Å²) in [5.41, 5.74) is 4.53. The van der Waals surface area contributed by atoms with Gasteiger partial charge in [-0.2, -0.15) is 0 Å². The molecular formula is C27H30N2O6. The molecule has 184 valence electrons. The number of fused-ring (bicyclic) bond motifs is 3. The van der Waals surface area contributed by atoms with Crippen LogP contribution in [0.1, 0.15) is 42.7 Å². The quantitative estimate of drug-likeness (QED) is 0.537. The normalized spacial score (nSPS) is 21.8. The SMILES string of the molecule is O=C(NCC(CC1CC1)C(=O)N1C[C@H](O)C[C@H]1C(=O)O)OCC1c2ccccc2-c2ccccc21. The average molecular weight is 479 g/mol. The smallest absolute Gasteiger partial charge is 0.407 e. The molecule has 2 aliphatic carbocycles. The molecule has 8 heteroatoms. The Hall–Kier alpha value is -3.39. The first-order valence-corrected chi connectivity index (χ1v) is 12.2. The number of ether oxygens (including phenoxy) is 1. The first-order valence-electron chi connectivity index (χ1n) is 12.2. The van der Waals surface area contributed by atoms with Crippen molar-refractivity contribution in [1.29, 1.82) is 0 Å². The van der Waals surface area contributed by atoms with Gasteiger partial charge in [0.2, 0.25) is 5.91 Å². The molecule has 3 atom stereocenters. The van der Waals surface area contributed by atoms with Crippen molar-refractivity contribution in [3.63, 3.8) is 0 Å². The molecule has 2 fully saturated rings. The molecule has 1 saturated carbocycles.